The Labute approximate surface area is 104 Å². The van der Waals surface area contributed by atoms with Gasteiger partial charge in [0, 0.05) is 12.4 Å². The molecule has 0 fully saturated rings. The third kappa shape index (κ3) is 3.03. The van der Waals surface area contributed by atoms with E-state index >= 15 is 0 Å². The Kier molecular flexibility index (Phi) is 3.87. The SMILES string of the molecule is Cc1nc(CC(=O)N(C)C(C)(C)C(=O)O)cs1. The average Bonchev–Trinajstić information content (AvgIpc) is 2.62. The maximum Gasteiger partial charge on any atom is 0.329 e. The molecule has 0 atom stereocenters. The number of carboxylic acids is 1. The molecule has 0 bridgehead atoms. The summed E-state index contributed by atoms with van der Waals surface area (Å²) in [4.78, 5) is 28.3. The van der Waals surface area contributed by atoms with Crippen LogP contribution in [0.25, 0.3) is 0 Å². The minimum absolute atomic E-state index is 0.136. The number of likely N-dealkylation sites (N-methyl/N-ethyl adjacent to an activating group) is 1. The fourth-order valence-electron chi connectivity index (χ4n) is 1.22. The van der Waals surface area contributed by atoms with Crippen LogP contribution in [0.5, 0.6) is 0 Å². The van der Waals surface area contributed by atoms with Crippen molar-refractivity contribution in [3.63, 3.8) is 0 Å². The number of aromatic nitrogens is 1. The molecule has 0 aromatic carbocycles. The number of carbonyl (C=O) groups is 2. The molecule has 0 aliphatic rings. The summed E-state index contributed by atoms with van der Waals surface area (Å²) in [5.74, 6) is -1.27. The summed E-state index contributed by atoms with van der Waals surface area (Å²) in [6.07, 6.45) is 0.136. The summed E-state index contributed by atoms with van der Waals surface area (Å²) >= 11 is 1.47. The molecule has 0 aliphatic heterocycles. The van der Waals surface area contributed by atoms with E-state index in [-0.39, 0.29) is 12.3 Å². The van der Waals surface area contributed by atoms with Crippen molar-refractivity contribution in [3.05, 3.63) is 16.1 Å². The molecule has 17 heavy (non-hydrogen) atoms. The van der Waals surface area contributed by atoms with Crippen LogP contribution in [0.4, 0.5) is 0 Å². The lowest BCUT2D eigenvalue weighted by Crippen LogP contribution is -2.51. The summed E-state index contributed by atoms with van der Waals surface area (Å²) in [7, 11) is 1.50. The first-order chi connectivity index (χ1) is 7.75. The Morgan fingerprint density at radius 1 is 1.53 bits per heavy atom. The summed E-state index contributed by atoms with van der Waals surface area (Å²) in [6.45, 7) is 4.86. The van der Waals surface area contributed by atoms with Crippen LogP contribution >= 0.6 is 11.3 Å². The molecule has 94 valence electrons. The molecule has 6 heteroatoms. The molecule has 1 N–H and O–H groups in total. The number of hydrogen-bond donors (Lipinski definition) is 1. The molecule has 1 amide bonds. The van der Waals surface area contributed by atoms with Crippen molar-refractivity contribution in [2.75, 3.05) is 7.05 Å². The normalized spacial score (nSPS) is 11.3. The molecular formula is C11H16N2O3S. The van der Waals surface area contributed by atoms with Gasteiger partial charge >= 0.3 is 5.97 Å². The molecule has 1 aromatic heterocycles. The Bertz CT molecular complexity index is 440. The van der Waals surface area contributed by atoms with Gasteiger partial charge < -0.3 is 10.0 Å². The smallest absolute Gasteiger partial charge is 0.329 e. The maximum absolute atomic E-state index is 11.9. The Balaban J connectivity index is 2.74. The molecule has 5 nitrogen and oxygen atoms in total. The number of carbonyl (C=O) groups excluding carboxylic acids is 1. The second-order valence-corrected chi connectivity index (χ2v) is 5.41. The zero-order valence-corrected chi connectivity index (χ0v) is 11.2. The molecule has 0 radical (unpaired) electrons. The predicted octanol–water partition coefficient (Wildman–Crippen LogP) is 1.32. The molecule has 1 rings (SSSR count). The first-order valence-electron chi connectivity index (χ1n) is 5.16. The van der Waals surface area contributed by atoms with E-state index in [2.05, 4.69) is 4.98 Å². The number of carboxylic acid groups (broad SMARTS) is 1. The van der Waals surface area contributed by atoms with Crippen LogP contribution in [-0.4, -0.2) is 39.5 Å². The highest BCUT2D eigenvalue weighted by atomic mass is 32.1. The Hall–Kier alpha value is -1.43. The van der Waals surface area contributed by atoms with Crippen molar-refractivity contribution >= 4 is 23.2 Å². The van der Waals surface area contributed by atoms with Crippen molar-refractivity contribution in [2.24, 2.45) is 0 Å². The van der Waals surface area contributed by atoms with E-state index in [0.29, 0.717) is 5.69 Å². The van der Waals surface area contributed by atoms with Gasteiger partial charge in [-0.15, -0.1) is 11.3 Å². The highest BCUT2D eigenvalue weighted by molar-refractivity contribution is 7.09. The van der Waals surface area contributed by atoms with Crippen LogP contribution in [0.3, 0.4) is 0 Å². The summed E-state index contributed by atoms with van der Waals surface area (Å²) in [5.41, 5.74) is -0.521. The van der Waals surface area contributed by atoms with E-state index in [9.17, 15) is 9.59 Å². The van der Waals surface area contributed by atoms with Gasteiger partial charge in [-0.2, -0.15) is 0 Å². The van der Waals surface area contributed by atoms with Crippen molar-refractivity contribution in [1.82, 2.24) is 9.88 Å². The summed E-state index contributed by atoms with van der Waals surface area (Å²) in [6, 6.07) is 0. The Morgan fingerprint density at radius 3 is 2.53 bits per heavy atom. The van der Waals surface area contributed by atoms with Gasteiger partial charge in [0.25, 0.3) is 0 Å². The minimum atomic E-state index is -1.21. The lowest BCUT2D eigenvalue weighted by molar-refractivity contribution is -0.155. The fraction of sp³-hybridized carbons (Fsp3) is 0.545. The molecule has 0 aliphatic carbocycles. The van der Waals surface area contributed by atoms with Crippen molar-refractivity contribution in [2.45, 2.75) is 32.7 Å². The van der Waals surface area contributed by atoms with E-state index in [4.69, 9.17) is 5.11 Å². The lowest BCUT2D eigenvalue weighted by atomic mass is 10.0. The van der Waals surface area contributed by atoms with Gasteiger partial charge in [0.1, 0.15) is 5.54 Å². The largest absolute Gasteiger partial charge is 0.480 e. The monoisotopic (exact) mass is 256 g/mol. The number of hydrogen-bond acceptors (Lipinski definition) is 4. The van der Waals surface area contributed by atoms with E-state index in [1.807, 2.05) is 12.3 Å². The third-order valence-electron chi connectivity index (χ3n) is 2.73. The molecule has 0 saturated heterocycles. The standard InChI is InChI=1S/C11H16N2O3S/c1-7-12-8(6-17-7)5-9(14)13(4)11(2,3)10(15)16/h6H,5H2,1-4H3,(H,15,16). The van der Waals surface area contributed by atoms with Crippen LogP contribution < -0.4 is 0 Å². The zero-order valence-electron chi connectivity index (χ0n) is 10.4. The molecular weight excluding hydrogens is 240 g/mol. The third-order valence-corrected chi connectivity index (χ3v) is 3.56. The Morgan fingerprint density at radius 2 is 2.12 bits per heavy atom. The molecule has 0 unspecified atom stereocenters. The van der Waals surface area contributed by atoms with Crippen LogP contribution in [0.15, 0.2) is 5.38 Å². The van der Waals surface area contributed by atoms with Gasteiger partial charge in [-0.1, -0.05) is 0 Å². The molecule has 0 spiro atoms. The first-order valence-corrected chi connectivity index (χ1v) is 6.04. The van der Waals surface area contributed by atoms with Crippen LogP contribution in [-0.2, 0) is 16.0 Å². The molecule has 1 aromatic rings. The predicted molar refractivity (Wildman–Crippen MR) is 65.0 cm³/mol. The average molecular weight is 256 g/mol. The van der Waals surface area contributed by atoms with E-state index in [1.165, 1.54) is 37.1 Å². The van der Waals surface area contributed by atoms with Gasteiger partial charge in [0.15, 0.2) is 0 Å². The molecule has 0 saturated carbocycles. The van der Waals surface area contributed by atoms with Crippen LogP contribution in [0.1, 0.15) is 24.5 Å². The zero-order chi connectivity index (χ0) is 13.2. The minimum Gasteiger partial charge on any atom is -0.480 e. The highest BCUT2D eigenvalue weighted by Gasteiger charge is 2.35. The van der Waals surface area contributed by atoms with Gasteiger partial charge in [-0.05, 0) is 20.8 Å². The fourth-order valence-corrected chi connectivity index (χ4v) is 1.83. The number of aryl methyl sites for hydroxylation is 1. The molecule has 1 heterocycles. The van der Waals surface area contributed by atoms with Crippen LogP contribution in [0, 0.1) is 6.92 Å². The quantitative estimate of drug-likeness (QED) is 0.882. The lowest BCUT2D eigenvalue weighted by Gasteiger charge is -2.31. The number of aliphatic carboxylic acids is 1. The number of rotatable bonds is 4. The second kappa shape index (κ2) is 4.83. The first kappa shape index (κ1) is 13.6. The number of nitrogens with zero attached hydrogens (tertiary/aromatic N) is 2. The second-order valence-electron chi connectivity index (χ2n) is 4.35. The van der Waals surface area contributed by atoms with E-state index in [1.54, 1.807) is 0 Å². The summed E-state index contributed by atoms with van der Waals surface area (Å²) < 4.78 is 0. The van der Waals surface area contributed by atoms with E-state index < -0.39 is 11.5 Å². The van der Waals surface area contributed by atoms with Gasteiger partial charge in [0.2, 0.25) is 5.91 Å². The number of amides is 1. The van der Waals surface area contributed by atoms with Crippen molar-refractivity contribution < 1.29 is 14.7 Å². The topological polar surface area (TPSA) is 70.5 Å². The number of thiazole rings is 1. The van der Waals surface area contributed by atoms with Crippen molar-refractivity contribution in [3.8, 4) is 0 Å². The summed E-state index contributed by atoms with van der Waals surface area (Å²) in [5, 5.41) is 11.7. The van der Waals surface area contributed by atoms with Crippen LogP contribution in [0.2, 0.25) is 0 Å². The van der Waals surface area contributed by atoms with E-state index in [0.717, 1.165) is 5.01 Å². The maximum atomic E-state index is 11.9. The van der Waals surface area contributed by atoms with Gasteiger partial charge in [-0.25, -0.2) is 9.78 Å². The van der Waals surface area contributed by atoms with Crippen molar-refractivity contribution in [1.29, 1.82) is 0 Å². The van der Waals surface area contributed by atoms with Gasteiger partial charge in [-0.3, -0.25) is 4.79 Å². The highest BCUT2D eigenvalue weighted by Crippen LogP contribution is 2.15. The van der Waals surface area contributed by atoms with Gasteiger partial charge in [0.05, 0.1) is 17.1 Å².